The molecule has 13 heavy (non-hydrogen) atoms. The Balaban J connectivity index is 2.53. The van der Waals surface area contributed by atoms with E-state index in [1.165, 1.54) is 0 Å². The molecule has 2 aromatic heterocycles. The standard InChI is InChI=1S/C10H11N3/c1-8-5-9(3-4-12-8)10-6-11-7-13(10)2/h3-7H,1-2H3. The molecule has 2 aromatic rings. The molecule has 0 aromatic carbocycles. The van der Waals surface area contributed by atoms with Crippen molar-refractivity contribution in [3.8, 4) is 11.3 Å². The summed E-state index contributed by atoms with van der Waals surface area (Å²) in [6, 6.07) is 4.04. The molecule has 3 heteroatoms. The second kappa shape index (κ2) is 3.01. The minimum atomic E-state index is 1.03. The van der Waals surface area contributed by atoms with Gasteiger partial charge in [0.1, 0.15) is 0 Å². The third kappa shape index (κ3) is 1.45. The van der Waals surface area contributed by atoms with Gasteiger partial charge in [0.25, 0.3) is 0 Å². The van der Waals surface area contributed by atoms with E-state index in [1.807, 2.05) is 37.0 Å². The first-order valence-corrected chi connectivity index (χ1v) is 4.17. The molecule has 0 atom stereocenters. The fourth-order valence-electron chi connectivity index (χ4n) is 1.34. The minimum Gasteiger partial charge on any atom is -0.334 e. The van der Waals surface area contributed by atoms with Crippen LogP contribution in [-0.4, -0.2) is 14.5 Å². The van der Waals surface area contributed by atoms with E-state index < -0.39 is 0 Å². The quantitative estimate of drug-likeness (QED) is 0.658. The lowest BCUT2D eigenvalue weighted by molar-refractivity contribution is 0.920. The first kappa shape index (κ1) is 7.98. The van der Waals surface area contributed by atoms with Crippen LogP contribution in [0.4, 0.5) is 0 Å². The zero-order valence-electron chi connectivity index (χ0n) is 7.73. The third-order valence-corrected chi connectivity index (χ3v) is 2.01. The Kier molecular flexibility index (Phi) is 1.85. The van der Waals surface area contributed by atoms with Crippen LogP contribution in [0.5, 0.6) is 0 Å². The van der Waals surface area contributed by atoms with Crippen LogP contribution >= 0.6 is 0 Å². The summed E-state index contributed by atoms with van der Waals surface area (Å²) in [5.41, 5.74) is 3.30. The molecule has 66 valence electrons. The van der Waals surface area contributed by atoms with Crippen LogP contribution in [0.1, 0.15) is 5.69 Å². The fourth-order valence-corrected chi connectivity index (χ4v) is 1.34. The number of pyridine rings is 1. The van der Waals surface area contributed by atoms with E-state index in [4.69, 9.17) is 0 Å². The predicted octanol–water partition coefficient (Wildman–Crippen LogP) is 1.79. The highest BCUT2D eigenvalue weighted by atomic mass is 15.0. The number of imidazole rings is 1. The molecule has 0 fully saturated rings. The van der Waals surface area contributed by atoms with E-state index in [1.54, 1.807) is 6.33 Å². The van der Waals surface area contributed by atoms with Crippen LogP contribution in [0.15, 0.2) is 30.9 Å². The van der Waals surface area contributed by atoms with Crippen molar-refractivity contribution in [1.82, 2.24) is 14.5 Å². The normalized spacial score (nSPS) is 10.3. The minimum absolute atomic E-state index is 1.03. The van der Waals surface area contributed by atoms with Gasteiger partial charge in [-0.25, -0.2) is 4.98 Å². The largest absolute Gasteiger partial charge is 0.334 e. The van der Waals surface area contributed by atoms with Crippen molar-refractivity contribution in [2.24, 2.45) is 7.05 Å². The lowest BCUT2D eigenvalue weighted by Crippen LogP contribution is -1.90. The molecule has 0 saturated carbocycles. The molecule has 3 nitrogen and oxygen atoms in total. The molecule has 0 saturated heterocycles. The Hall–Kier alpha value is -1.64. The third-order valence-electron chi connectivity index (χ3n) is 2.01. The lowest BCUT2D eigenvalue weighted by atomic mass is 10.2. The maximum atomic E-state index is 4.15. The van der Waals surface area contributed by atoms with Crippen LogP contribution in [0.2, 0.25) is 0 Å². The maximum absolute atomic E-state index is 4.15. The number of nitrogens with zero attached hydrogens (tertiary/aromatic N) is 3. The molecule has 0 spiro atoms. The smallest absolute Gasteiger partial charge is 0.0948 e. The number of rotatable bonds is 1. The molecule has 0 aliphatic heterocycles. The molecule has 2 rings (SSSR count). The molecule has 0 aliphatic carbocycles. The topological polar surface area (TPSA) is 30.7 Å². The van der Waals surface area contributed by atoms with E-state index >= 15 is 0 Å². The average molecular weight is 173 g/mol. The fraction of sp³-hybridized carbons (Fsp3) is 0.200. The number of aromatic nitrogens is 3. The predicted molar refractivity (Wildman–Crippen MR) is 51.2 cm³/mol. The van der Waals surface area contributed by atoms with Gasteiger partial charge >= 0.3 is 0 Å². The summed E-state index contributed by atoms with van der Waals surface area (Å²) in [5.74, 6) is 0. The van der Waals surface area contributed by atoms with Crippen molar-refractivity contribution in [2.45, 2.75) is 6.92 Å². The van der Waals surface area contributed by atoms with E-state index in [-0.39, 0.29) is 0 Å². The van der Waals surface area contributed by atoms with Gasteiger partial charge in [0, 0.05) is 24.5 Å². The van der Waals surface area contributed by atoms with Crippen LogP contribution in [-0.2, 0) is 7.05 Å². The molecule has 0 aliphatic rings. The van der Waals surface area contributed by atoms with Gasteiger partial charge in [-0.2, -0.15) is 0 Å². The van der Waals surface area contributed by atoms with Gasteiger partial charge in [0.2, 0.25) is 0 Å². The molecule has 0 N–H and O–H groups in total. The lowest BCUT2D eigenvalue weighted by Gasteiger charge is -2.01. The Morgan fingerprint density at radius 2 is 2.23 bits per heavy atom. The molecule has 2 heterocycles. The highest BCUT2D eigenvalue weighted by Crippen LogP contribution is 2.17. The second-order valence-electron chi connectivity index (χ2n) is 3.08. The summed E-state index contributed by atoms with van der Waals surface area (Å²) < 4.78 is 1.99. The van der Waals surface area contributed by atoms with Gasteiger partial charge in [0.05, 0.1) is 18.2 Å². The summed E-state index contributed by atoms with van der Waals surface area (Å²) in [5, 5.41) is 0. The number of hydrogen-bond acceptors (Lipinski definition) is 2. The highest BCUT2D eigenvalue weighted by molar-refractivity contribution is 5.58. The van der Waals surface area contributed by atoms with Crippen molar-refractivity contribution >= 4 is 0 Å². The maximum Gasteiger partial charge on any atom is 0.0948 e. The summed E-state index contributed by atoms with van der Waals surface area (Å²) in [7, 11) is 1.98. The van der Waals surface area contributed by atoms with E-state index in [9.17, 15) is 0 Å². The van der Waals surface area contributed by atoms with Gasteiger partial charge < -0.3 is 4.57 Å². The van der Waals surface area contributed by atoms with Crippen LogP contribution in [0, 0.1) is 6.92 Å². The Morgan fingerprint density at radius 3 is 2.85 bits per heavy atom. The van der Waals surface area contributed by atoms with E-state index in [0.29, 0.717) is 0 Å². The summed E-state index contributed by atoms with van der Waals surface area (Å²) in [6.07, 6.45) is 5.47. The van der Waals surface area contributed by atoms with Gasteiger partial charge in [-0.1, -0.05) is 0 Å². The van der Waals surface area contributed by atoms with Crippen molar-refractivity contribution in [3.63, 3.8) is 0 Å². The van der Waals surface area contributed by atoms with E-state index in [0.717, 1.165) is 17.0 Å². The summed E-state index contributed by atoms with van der Waals surface area (Å²) >= 11 is 0. The Labute approximate surface area is 77.1 Å². The number of hydrogen-bond donors (Lipinski definition) is 0. The molecule has 0 bridgehead atoms. The monoisotopic (exact) mass is 173 g/mol. The summed E-state index contributed by atoms with van der Waals surface area (Å²) in [4.78, 5) is 8.22. The van der Waals surface area contributed by atoms with Gasteiger partial charge in [-0.15, -0.1) is 0 Å². The van der Waals surface area contributed by atoms with Crippen LogP contribution in [0.3, 0.4) is 0 Å². The first-order chi connectivity index (χ1) is 6.27. The van der Waals surface area contributed by atoms with Crippen molar-refractivity contribution < 1.29 is 0 Å². The highest BCUT2D eigenvalue weighted by Gasteiger charge is 2.01. The second-order valence-corrected chi connectivity index (χ2v) is 3.08. The zero-order valence-corrected chi connectivity index (χ0v) is 7.73. The average Bonchev–Trinajstić information content (AvgIpc) is 2.51. The van der Waals surface area contributed by atoms with Crippen molar-refractivity contribution in [2.75, 3.05) is 0 Å². The van der Waals surface area contributed by atoms with Crippen LogP contribution < -0.4 is 0 Å². The van der Waals surface area contributed by atoms with Crippen molar-refractivity contribution in [1.29, 1.82) is 0 Å². The van der Waals surface area contributed by atoms with Gasteiger partial charge in [0.15, 0.2) is 0 Å². The summed E-state index contributed by atoms with van der Waals surface area (Å²) in [6.45, 7) is 1.99. The molecule has 0 radical (unpaired) electrons. The zero-order chi connectivity index (χ0) is 9.26. The molecular weight excluding hydrogens is 162 g/mol. The molecule has 0 amide bonds. The Morgan fingerprint density at radius 1 is 1.38 bits per heavy atom. The van der Waals surface area contributed by atoms with Crippen LogP contribution in [0.25, 0.3) is 11.3 Å². The van der Waals surface area contributed by atoms with Crippen molar-refractivity contribution in [3.05, 3.63) is 36.5 Å². The SMILES string of the molecule is Cc1cc(-c2cncn2C)ccn1. The van der Waals surface area contributed by atoms with Gasteiger partial charge in [-0.3, -0.25) is 4.98 Å². The van der Waals surface area contributed by atoms with Gasteiger partial charge in [-0.05, 0) is 19.1 Å². The molecule has 0 unspecified atom stereocenters. The number of aryl methyl sites for hydroxylation is 2. The first-order valence-electron chi connectivity index (χ1n) is 4.17. The molecular formula is C10H11N3. The Bertz CT molecular complexity index is 418. The van der Waals surface area contributed by atoms with E-state index in [2.05, 4.69) is 16.0 Å².